The molecule has 0 aliphatic carbocycles. The molecule has 1 aliphatic rings. The average molecular weight is 328 g/mol. The maximum atomic E-state index is 12.1. The summed E-state index contributed by atoms with van der Waals surface area (Å²) in [5, 5.41) is 6.32. The van der Waals surface area contributed by atoms with Crippen molar-refractivity contribution >= 4 is 24.0 Å². The van der Waals surface area contributed by atoms with Crippen molar-refractivity contribution in [1.29, 1.82) is 0 Å². The second-order valence-corrected chi connectivity index (χ2v) is 5.53. The fourth-order valence-electron chi connectivity index (χ4n) is 2.67. The Morgan fingerprint density at radius 1 is 1.32 bits per heavy atom. The third-order valence-electron chi connectivity index (χ3n) is 3.94. The number of carbonyl (C=O) groups is 1. The summed E-state index contributed by atoms with van der Waals surface area (Å²) in [4.78, 5) is 14.3. The van der Waals surface area contributed by atoms with Crippen LogP contribution < -0.4 is 15.4 Å². The second kappa shape index (κ2) is 9.66. The maximum Gasteiger partial charge on any atom is 0.238 e. The van der Waals surface area contributed by atoms with Crippen LogP contribution in [0.15, 0.2) is 24.3 Å². The molecule has 0 bridgehead atoms. The molecule has 1 amide bonds. The zero-order valence-corrected chi connectivity index (χ0v) is 14.1. The largest absolute Gasteiger partial charge is 0.497 e. The fraction of sp³-hybridized carbons (Fsp3) is 0.562. The van der Waals surface area contributed by atoms with Gasteiger partial charge in [0, 0.05) is 11.7 Å². The highest BCUT2D eigenvalue weighted by Crippen LogP contribution is 2.15. The van der Waals surface area contributed by atoms with Crippen LogP contribution in [0.25, 0.3) is 0 Å². The van der Waals surface area contributed by atoms with Gasteiger partial charge in [-0.2, -0.15) is 0 Å². The molecule has 1 heterocycles. The lowest BCUT2D eigenvalue weighted by Gasteiger charge is -2.26. The Labute approximate surface area is 138 Å². The number of likely N-dealkylation sites (N-methyl/N-ethyl adjacent to an activating group) is 1. The molecule has 6 heteroatoms. The summed E-state index contributed by atoms with van der Waals surface area (Å²) in [6.45, 7) is 2.55. The summed E-state index contributed by atoms with van der Waals surface area (Å²) in [6.07, 6.45) is 3.43. The minimum absolute atomic E-state index is 0. The lowest BCUT2D eigenvalue weighted by molar-refractivity contribution is -0.117. The predicted molar refractivity (Wildman–Crippen MR) is 92.0 cm³/mol. The molecule has 0 aromatic heterocycles. The lowest BCUT2D eigenvalue weighted by Crippen LogP contribution is -2.38. The topological polar surface area (TPSA) is 53.6 Å². The first-order valence-electron chi connectivity index (χ1n) is 7.54. The molecule has 0 saturated carbocycles. The van der Waals surface area contributed by atoms with Gasteiger partial charge in [-0.15, -0.1) is 12.4 Å². The molecule has 1 saturated heterocycles. The number of hydrogen-bond acceptors (Lipinski definition) is 4. The number of amides is 1. The van der Waals surface area contributed by atoms with E-state index < -0.39 is 0 Å². The number of carbonyl (C=O) groups excluding carboxylic acids is 1. The van der Waals surface area contributed by atoms with E-state index in [1.54, 1.807) is 7.11 Å². The number of anilines is 1. The zero-order valence-electron chi connectivity index (χ0n) is 13.3. The summed E-state index contributed by atoms with van der Waals surface area (Å²) < 4.78 is 5.10. The van der Waals surface area contributed by atoms with Gasteiger partial charge in [-0.3, -0.25) is 9.69 Å². The predicted octanol–water partition coefficient (Wildman–Crippen LogP) is 2.13. The fourth-order valence-corrected chi connectivity index (χ4v) is 2.67. The Morgan fingerprint density at radius 3 is 2.73 bits per heavy atom. The normalized spacial score (nSPS) is 18.2. The van der Waals surface area contributed by atoms with Crippen molar-refractivity contribution < 1.29 is 9.53 Å². The zero-order chi connectivity index (χ0) is 15.1. The standard InChI is InChI=1S/C16H25N3O2.ClH/c1-19(14-4-3-10-17-11-9-14)12-16(20)18-13-5-7-15(21-2)8-6-13;/h5-8,14,17H,3-4,9-12H2,1-2H3,(H,18,20);1H. The lowest BCUT2D eigenvalue weighted by atomic mass is 10.1. The average Bonchev–Trinajstić information content (AvgIpc) is 2.77. The van der Waals surface area contributed by atoms with Crippen LogP contribution in [-0.4, -0.2) is 50.6 Å². The molecule has 124 valence electrons. The Hall–Kier alpha value is -1.30. The monoisotopic (exact) mass is 327 g/mol. The van der Waals surface area contributed by atoms with Crippen LogP contribution >= 0.6 is 12.4 Å². The number of methoxy groups -OCH3 is 1. The van der Waals surface area contributed by atoms with E-state index in [4.69, 9.17) is 4.74 Å². The van der Waals surface area contributed by atoms with E-state index in [-0.39, 0.29) is 18.3 Å². The molecule has 2 N–H and O–H groups in total. The number of nitrogens with one attached hydrogen (secondary N) is 2. The van der Waals surface area contributed by atoms with Crippen molar-refractivity contribution in [3.05, 3.63) is 24.3 Å². The number of benzene rings is 1. The van der Waals surface area contributed by atoms with Gasteiger partial charge in [-0.25, -0.2) is 0 Å². The van der Waals surface area contributed by atoms with Gasteiger partial charge in [0.2, 0.25) is 5.91 Å². The minimum Gasteiger partial charge on any atom is -0.497 e. The van der Waals surface area contributed by atoms with Gasteiger partial charge < -0.3 is 15.4 Å². The third kappa shape index (κ3) is 5.83. The number of halogens is 1. The van der Waals surface area contributed by atoms with Gasteiger partial charge in [0.05, 0.1) is 13.7 Å². The van der Waals surface area contributed by atoms with Gasteiger partial charge in [-0.05, 0) is 63.7 Å². The molecule has 1 atom stereocenters. The van der Waals surface area contributed by atoms with Crippen molar-refractivity contribution in [3.63, 3.8) is 0 Å². The Morgan fingerprint density at radius 2 is 2.05 bits per heavy atom. The molecule has 0 spiro atoms. The van der Waals surface area contributed by atoms with E-state index in [1.165, 1.54) is 6.42 Å². The summed E-state index contributed by atoms with van der Waals surface area (Å²) in [5.74, 6) is 0.816. The van der Waals surface area contributed by atoms with Crippen LogP contribution in [0.1, 0.15) is 19.3 Å². The van der Waals surface area contributed by atoms with Crippen LogP contribution in [-0.2, 0) is 4.79 Å². The Kier molecular flexibility index (Phi) is 8.24. The van der Waals surface area contributed by atoms with Gasteiger partial charge in [0.15, 0.2) is 0 Å². The summed E-state index contributed by atoms with van der Waals surface area (Å²) in [6, 6.07) is 7.88. The molecule has 22 heavy (non-hydrogen) atoms. The number of ether oxygens (including phenoxy) is 1. The highest BCUT2D eigenvalue weighted by atomic mass is 35.5. The van der Waals surface area contributed by atoms with Crippen LogP contribution in [0.5, 0.6) is 5.75 Å². The molecular formula is C16H26ClN3O2. The summed E-state index contributed by atoms with van der Waals surface area (Å²) >= 11 is 0. The van der Waals surface area contributed by atoms with Crippen LogP contribution in [0, 0.1) is 0 Å². The van der Waals surface area contributed by atoms with Crippen LogP contribution in [0.2, 0.25) is 0 Å². The van der Waals surface area contributed by atoms with Crippen molar-refractivity contribution in [1.82, 2.24) is 10.2 Å². The molecule has 5 nitrogen and oxygen atoms in total. The second-order valence-electron chi connectivity index (χ2n) is 5.53. The Balaban J connectivity index is 0.00000242. The molecule has 1 unspecified atom stereocenters. The molecule has 1 aromatic carbocycles. The number of hydrogen-bond donors (Lipinski definition) is 2. The van der Waals surface area contributed by atoms with E-state index in [0.717, 1.165) is 37.4 Å². The van der Waals surface area contributed by atoms with Gasteiger partial charge in [0.1, 0.15) is 5.75 Å². The molecule has 0 radical (unpaired) electrons. The van der Waals surface area contributed by atoms with E-state index >= 15 is 0 Å². The molecule has 1 fully saturated rings. The highest BCUT2D eigenvalue weighted by molar-refractivity contribution is 5.92. The quantitative estimate of drug-likeness (QED) is 0.870. The molecule has 1 aromatic rings. The van der Waals surface area contributed by atoms with Gasteiger partial charge >= 0.3 is 0 Å². The van der Waals surface area contributed by atoms with Gasteiger partial charge in [-0.1, -0.05) is 0 Å². The SMILES string of the molecule is COc1ccc(NC(=O)CN(C)C2CCCNCC2)cc1.Cl. The van der Waals surface area contributed by atoms with Crippen LogP contribution in [0.3, 0.4) is 0 Å². The van der Waals surface area contributed by atoms with Crippen LogP contribution in [0.4, 0.5) is 5.69 Å². The van der Waals surface area contributed by atoms with Crippen molar-refractivity contribution in [2.45, 2.75) is 25.3 Å². The van der Waals surface area contributed by atoms with E-state index in [9.17, 15) is 4.79 Å². The molecule has 1 aliphatic heterocycles. The maximum absolute atomic E-state index is 12.1. The summed E-state index contributed by atoms with van der Waals surface area (Å²) in [7, 11) is 3.66. The Bertz CT molecular complexity index is 445. The number of rotatable bonds is 5. The molecule has 2 rings (SSSR count). The van der Waals surface area contributed by atoms with Crippen molar-refractivity contribution in [2.75, 3.05) is 39.1 Å². The third-order valence-corrected chi connectivity index (χ3v) is 3.94. The highest BCUT2D eigenvalue weighted by Gasteiger charge is 2.18. The number of nitrogens with zero attached hydrogens (tertiary/aromatic N) is 1. The summed E-state index contributed by atoms with van der Waals surface area (Å²) in [5.41, 5.74) is 0.803. The van der Waals surface area contributed by atoms with E-state index in [0.29, 0.717) is 12.6 Å². The first kappa shape index (κ1) is 18.7. The molecular weight excluding hydrogens is 302 g/mol. The van der Waals surface area contributed by atoms with Gasteiger partial charge in [0.25, 0.3) is 0 Å². The van der Waals surface area contributed by atoms with E-state index in [2.05, 4.69) is 15.5 Å². The first-order chi connectivity index (χ1) is 10.2. The smallest absolute Gasteiger partial charge is 0.238 e. The van der Waals surface area contributed by atoms with E-state index in [1.807, 2.05) is 31.3 Å². The van der Waals surface area contributed by atoms with Crippen molar-refractivity contribution in [2.24, 2.45) is 0 Å². The minimum atomic E-state index is 0. The van der Waals surface area contributed by atoms with Crippen molar-refractivity contribution in [3.8, 4) is 5.75 Å². The first-order valence-corrected chi connectivity index (χ1v) is 7.54.